The Labute approximate surface area is 112 Å². The largest absolute Gasteiger partial charge is 0.394 e. The van der Waals surface area contributed by atoms with E-state index in [0.717, 1.165) is 49.8 Å². The van der Waals surface area contributed by atoms with Gasteiger partial charge in [-0.1, -0.05) is 5.16 Å². The zero-order valence-electron chi connectivity index (χ0n) is 11.2. The van der Waals surface area contributed by atoms with Crippen molar-refractivity contribution in [1.29, 1.82) is 0 Å². The van der Waals surface area contributed by atoms with Crippen LogP contribution in [0.2, 0.25) is 0 Å². The maximum absolute atomic E-state index is 12.3. The number of fused-ring (bicyclic) bond motifs is 1. The lowest BCUT2D eigenvalue weighted by molar-refractivity contribution is 0.0814. The van der Waals surface area contributed by atoms with Crippen LogP contribution in [0.3, 0.4) is 0 Å². The summed E-state index contributed by atoms with van der Waals surface area (Å²) in [5.41, 5.74) is 0.840. The van der Waals surface area contributed by atoms with Crippen LogP contribution in [-0.4, -0.2) is 28.3 Å². The number of rotatable bonds is 4. The lowest BCUT2D eigenvalue weighted by Gasteiger charge is -2.28. The molecule has 5 nitrogen and oxygen atoms in total. The monoisotopic (exact) mass is 264 g/mol. The normalized spacial score (nSPS) is 21.6. The molecular weight excluding hydrogens is 244 g/mol. The molecule has 3 rings (SSSR count). The first-order valence-electron chi connectivity index (χ1n) is 7.05. The molecule has 1 heterocycles. The van der Waals surface area contributed by atoms with Gasteiger partial charge in [-0.3, -0.25) is 4.79 Å². The van der Waals surface area contributed by atoms with Gasteiger partial charge in [0.05, 0.1) is 12.1 Å². The summed E-state index contributed by atoms with van der Waals surface area (Å²) < 4.78 is 5.26. The molecule has 0 spiro atoms. The minimum absolute atomic E-state index is 0.0382. The maximum atomic E-state index is 12.3. The Balaban J connectivity index is 1.78. The fourth-order valence-electron chi connectivity index (χ4n) is 2.87. The van der Waals surface area contributed by atoms with Crippen LogP contribution in [-0.2, 0) is 12.8 Å². The van der Waals surface area contributed by atoms with Crippen molar-refractivity contribution < 1.29 is 14.4 Å². The fourth-order valence-corrected chi connectivity index (χ4v) is 2.87. The lowest BCUT2D eigenvalue weighted by Crippen LogP contribution is -2.51. The van der Waals surface area contributed by atoms with E-state index in [1.165, 1.54) is 0 Å². The number of carbonyl (C=O) groups excluding carboxylic acids is 1. The van der Waals surface area contributed by atoms with Crippen LogP contribution in [0.15, 0.2) is 4.52 Å². The Bertz CT molecular complexity index is 493. The molecule has 1 unspecified atom stereocenters. The molecule has 0 radical (unpaired) electrons. The second-order valence-corrected chi connectivity index (χ2v) is 5.94. The van der Waals surface area contributed by atoms with E-state index in [-0.39, 0.29) is 12.5 Å². The van der Waals surface area contributed by atoms with Crippen LogP contribution in [0.4, 0.5) is 0 Å². The minimum Gasteiger partial charge on any atom is -0.394 e. The first-order chi connectivity index (χ1) is 9.14. The summed E-state index contributed by atoms with van der Waals surface area (Å²) in [6.07, 6.45) is 6.03. The van der Waals surface area contributed by atoms with Crippen molar-refractivity contribution in [3.8, 4) is 0 Å². The highest BCUT2D eigenvalue weighted by molar-refractivity contribution is 5.94. The van der Waals surface area contributed by atoms with Gasteiger partial charge in [-0.25, -0.2) is 0 Å². The summed E-state index contributed by atoms with van der Waals surface area (Å²) in [5, 5.41) is 16.4. The summed E-state index contributed by atoms with van der Waals surface area (Å²) in [6.45, 7) is 1.86. The van der Waals surface area contributed by atoms with E-state index in [0.29, 0.717) is 11.6 Å². The average Bonchev–Trinajstić information content (AvgIpc) is 3.19. The first kappa shape index (κ1) is 12.7. The van der Waals surface area contributed by atoms with Crippen LogP contribution in [0, 0.1) is 5.92 Å². The number of aliphatic hydroxyl groups excluding tert-OH is 1. The molecule has 0 saturated heterocycles. The number of aryl methyl sites for hydroxylation is 1. The first-order valence-corrected chi connectivity index (χ1v) is 7.05. The van der Waals surface area contributed by atoms with Crippen LogP contribution < -0.4 is 5.32 Å². The van der Waals surface area contributed by atoms with Crippen molar-refractivity contribution in [1.82, 2.24) is 10.5 Å². The molecular formula is C14H20N2O3. The zero-order valence-corrected chi connectivity index (χ0v) is 11.2. The number of hydrogen-bond acceptors (Lipinski definition) is 4. The van der Waals surface area contributed by atoms with Gasteiger partial charge < -0.3 is 14.9 Å². The topological polar surface area (TPSA) is 75.4 Å². The van der Waals surface area contributed by atoms with E-state index in [2.05, 4.69) is 10.5 Å². The highest BCUT2D eigenvalue weighted by atomic mass is 16.5. The molecule has 0 aliphatic heterocycles. The fraction of sp³-hybridized carbons (Fsp3) is 0.714. The Morgan fingerprint density at radius 3 is 2.89 bits per heavy atom. The van der Waals surface area contributed by atoms with Gasteiger partial charge in [-0.05, 0) is 44.9 Å². The second-order valence-electron chi connectivity index (χ2n) is 5.94. The summed E-state index contributed by atoms with van der Waals surface area (Å²) in [4.78, 5) is 12.3. The minimum atomic E-state index is -0.530. The van der Waals surface area contributed by atoms with E-state index in [4.69, 9.17) is 4.52 Å². The van der Waals surface area contributed by atoms with Crippen molar-refractivity contribution in [3.05, 3.63) is 17.0 Å². The van der Waals surface area contributed by atoms with Crippen molar-refractivity contribution in [2.24, 2.45) is 5.92 Å². The Morgan fingerprint density at radius 1 is 1.47 bits per heavy atom. The molecule has 0 bridgehead atoms. The molecule has 1 fully saturated rings. The average molecular weight is 264 g/mol. The van der Waals surface area contributed by atoms with E-state index in [9.17, 15) is 9.90 Å². The smallest absolute Gasteiger partial charge is 0.274 e. The highest BCUT2D eigenvalue weighted by Gasteiger charge is 2.43. The predicted molar refractivity (Wildman–Crippen MR) is 68.8 cm³/mol. The molecule has 2 aliphatic carbocycles. The Morgan fingerprint density at radius 2 is 2.21 bits per heavy atom. The molecule has 2 aliphatic rings. The lowest BCUT2D eigenvalue weighted by atomic mass is 9.94. The summed E-state index contributed by atoms with van der Waals surface area (Å²) in [7, 11) is 0. The molecule has 2 N–H and O–H groups in total. The predicted octanol–water partition coefficient (Wildman–Crippen LogP) is 1.44. The molecule has 1 atom stereocenters. The number of amides is 1. The molecule has 1 saturated carbocycles. The van der Waals surface area contributed by atoms with Gasteiger partial charge in [0.1, 0.15) is 5.76 Å². The number of nitrogens with zero attached hydrogens (tertiary/aromatic N) is 1. The molecule has 1 aromatic rings. The van der Waals surface area contributed by atoms with E-state index >= 15 is 0 Å². The zero-order chi connectivity index (χ0) is 13.5. The van der Waals surface area contributed by atoms with Gasteiger partial charge in [0.2, 0.25) is 0 Å². The Hall–Kier alpha value is -1.36. The van der Waals surface area contributed by atoms with Crippen LogP contribution in [0.5, 0.6) is 0 Å². The SMILES string of the molecule is CC(CO)(NC(=O)c1noc2c1CCCC2)C1CC1. The van der Waals surface area contributed by atoms with Gasteiger partial charge in [-0.15, -0.1) is 0 Å². The van der Waals surface area contributed by atoms with Gasteiger partial charge in [-0.2, -0.15) is 0 Å². The van der Waals surface area contributed by atoms with Crippen LogP contribution in [0.25, 0.3) is 0 Å². The van der Waals surface area contributed by atoms with E-state index in [1.807, 2.05) is 6.92 Å². The number of aliphatic hydroxyl groups is 1. The van der Waals surface area contributed by atoms with Crippen molar-refractivity contribution in [2.45, 2.75) is 51.0 Å². The van der Waals surface area contributed by atoms with Gasteiger partial charge in [0.25, 0.3) is 5.91 Å². The number of aromatic nitrogens is 1. The molecule has 5 heteroatoms. The van der Waals surface area contributed by atoms with Crippen LogP contribution in [0.1, 0.15) is 54.4 Å². The number of nitrogens with one attached hydrogen (secondary N) is 1. The van der Waals surface area contributed by atoms with E-state index in [1.54, 1.807) is 0 Å². The molecule has 1 amide bonds. The standard InChI is InChI=1S/C14H20N2O3/c1-14(8-17,9-6-7-9)15-13(18)12-10-4-2-3-5-11(10)19-16-12/h9,17H,2-8H2,1H3,(H,15,18). The van der Waals surface area contributed by atoms with Crippen molar-refractivity contribution in [2.75, 3.05) is 6.61 Å². The van der Waals surface area contributed by atoms with Crippen LogP contribution >= 0.6 is 0 Å². The molecule has 104 valence electrons. The summed E-state index contributed by atoms with van der Waals surface area (Å²) >= 11 is 0. The number of carbonyl (C=O) groups is 1. The second kappa shape index (κ2) is 4.63. The third-order valence-electron chi connectivity index (χ3n) is 4.37. The molecule has 0 aromatic carbocycles. The third-order valence-corrected chi connectivity index (χ3v) is 4.37. The third kappa shape index (κ3) is 2.27. The molecule has 19 heavy (non-hydrogen) atoms. The van der Waals surface area contributed by atoms with Gasteiger partial charge in [0.15, 0.2) is 5.69 Å². The highest BCUT2D eigenvalue weighted by Crippen LogP contribution is 2.39. The Kier molecular flexibility index (Phi) is 3.09. The molecule has 1 aromatic heterocycles. The summed E-state index contributed by atoms with van der Waals surface area (Å²) in [6, 6.07) is 0. The number of hydrogen-bond donors (Lipinski definition) is 2. The van der Waals surface area contributed by atoms with Gasteiger partial charge in [0, 0.05) is 12.0 Å². The van der Waals surface area contributed by atoms with Crippen molar-refractivity contribution in [3.63, 3.8) is 0 Å². The van der Waals surface area contributed by atoms with Gasteiger partial charge >= 0.3 is 0 Å². The quantitative estimate of drug-likeness (QED) is 0.863. The van der Waals surface area contributed by atoms with E-state index < -0.39 is 5.54 Å². The summed E-state index contributed by atoms with van der Waals surface area (Å²) in [5.74, 6) is 1.02. The van der Waals surface area contributed by atoms with Crippen molar-refractivity contribution >= 4 is 5.91 Å². The maximum Gasteiger partial charge on any atom is 0.274 e.